The molecule has 6 heteroatoms. The molecule has 5 nitrogen and oxygen atoms in total. The van der Waals surface area contributed by atoms with Crippen molar-refractivity contribution in [2.24, 2.45) is 5.92 Å². The van der Waals surface area contributed by atoms with Gasteiger partial charge in [0.25, 0.3) is 0 Å². The number of benzene rings is 1. The van der Waals surface area contributed by atoms with Gasteiger partial charge in [-0.3, -0.25) is 0 Å². The fourth-order valence-electron chi connectivity index (χ4n) is 2.53. The van der Waals surface area contributed by atoms with Crippen LogP contribution in [-0.2, 0) is 16.1 Å². The number of carbonyl (C=O) groups is 1. The molecule has 0 bridgehead atoms. The third kappa shape index (κ3) is 4.41. The molecule has 0 aromatic heterocycles. The first kappa shape index (κ1) is 15.7. The van der Waals surface area contributed by atoms with Crippen LogP contribution in [0.15, 0.2) is 30.3 Å². The number of hydrogen-bond acceptors (Lipinski definition) is 4. The van der Waals surface area contributed by atoms with E-state index in [9.17, 15) is 9.18 Å². The monoisotopic (exact) mass is 297 g/mol. The van der Waals surface area contributed by atoms with E-state index in [1.807, 2.05) is 30.3 Å². The molecule has 0 aliphatic carbocycles. The summed E-state index contributed by atoms with van der Waals surface area (Å²) in [5.74, 6) is 0.0298. The summed E-state index contributed by atoms with van der Waals surface area (Å²) in [5.41, 5.74) is 0.891. The summed E-state index contributed by atoms with van der Waals surface area (Å²) in [6, 6.07) is 8.87. The maximum Gasteiger partial charge on any atom is 0.410 e. The van der Waals surface area contributed by atoms with Crippen LogP contribution in [0.25, 0.3) is 0 Å². The molecule has 1 heterocycles. The number of aliphatic hydroxyl groups is 1. The van der Waals surface area contributed by atoms with Gasteiger partial charge in [-0.05, 0) is 12.0 Å². The van der Waals surface area contributed by atoms with Gasteiger partial charge in [0, 0.05) is 12.5 Å². The molecule has 2 unspecified atom stereocenters. The van der Waals surface area contributed by atoms with Gasteiger partial charge in [0.2, 0.25) is 0 Å². The molecule has 1 N–H and O–H groups in total. The van der Waals surface area contributed by atoms with E-state index in [-0.39, 0.29) is 19.3 Å². The van der Waals surface area contributed by atoms with Gasteiger partial charge in [0.1, 0.15) is 20.1 Å². The first-order valence-electron chi connectivity index (χ1n) is 6.96. The SMILES string of the molecule is O=C(OCc1ccccc1)N1CC(COCO)CC1CF. The van der Waals surface area contributed by atoms with Crippen molar-refractivity contribution in [1.29, 1.82) is 0 Å². The standard InChI is InChI=1S/C15H20FNO4/c16-7-14-6-13(9-20-11-18)8-17(14)15(19)21-10-12-4-2-1-3-5-12/h1-5,13-14,18H,6-11H2. The van der Waals surface area contributed by atoms with Crippen molar-refractivity contribution in [3.63, 3.8) is 0 Å². The molecule has 1 saturated heterocycles. The van der Waals surface area contributed by atoms with Gasteiger partial charge in [0.15, 0.2) is 0 Å². The second-order valence-corrected chi connectivity index (χ2v) is 5.10. The third-order valence-corrected chi connectivity index (χ3v) is 3.56. The highest BCUT2D eigenvalue weighted by molar-refractivity contribution is 5.68. The Labute approximate surface area is 123 Å². The number of rotatable bonds is 6. The van der Waals surface area contributed by atoms with Crippen LogP contribution in [0.5, 0.6) is 0 Å². The molecule has 1 fully saturated rings. The molecule has 2 rings (SSSR count). The lowest BCUT2D eigenvalue weighted by atomic mass is 10.1. The van der Waals surface area contributed by atoms with Crippen molar-refractivity contribution in [3.05, 3.63) is 35.9 Å². The maximum atomic E-state index is 13.0. The molecule has 0 saturated carbocycles. The highest BCUT2D eigenvalue weighted by Gasteiger charge is 2.36. The predicted molar refractivity (Wildman–Crippen MR) is 74.2 cm³/mol. The van der Waals surface area contributed by atoms with Crippen molar-refractivity contribution in [1.82, 2.24) is 4.90 Å². The zero-order valence-electron chi connectivity index (χ0n) is 11.8. The third-order valence-electron chi connectivity index (χ3n) is 3.56. The van der Waals surface area contributed by atoms with Gasteiger partial charge < -0.3 is 19.5 Å². The van der Waals surface area contributed by atoms with Gasteiger partial charge in [-0.1, -0.05) is 30.3 Å². The summed E-state index contributed by atoms with van der Waals surface area (Å²) in [6.45, 7) is -0.0873. The van der Waals surface area contributed by atoms with E-state index in [0.717, 1.165) is 5.56 Å². The lowest BCUT2D eigenvalue weighted by molar-refractivity contribution is -0.0161. The Bertz CT molecular complexity index is 443. The normalized spacial score (nSPS) is 21.5. The lowest BCUT2D eigenvalue weighted by Gasteiger charge is -2.21. The minimum atomic E-state index is -0.601. The van der Waals surface area contributed by atoms with E-state index >= 15 is 0 Å². The largest absolute Gasteiger partial charge is 0.445 e. The quantitative estimate of drug-likeness (QED) is 0.815. The van der Waals surface area contributed by atoms with Gasteiger partial charge in [-0.15, -0.1) is 0 Å². The average molecular weight is 297 g/mol. The second-order valence-electron chi connectivity index (χ2n) is 5.10. The van der Waals surface area contributed by atoms with Crippen LogP contribution < -0.4 is 0 Å². The second kappa shape index (κ2) is 7.95. The molecule has 1 aliphatic heterocycles. The summed E-state index contributed by atoms with van der Waals surface area (Å²) in [7, 11) is 0. The number of amides is 1. The number of ether oxygens (including phenoxy) is 2. The fraction of sp³-hybridized carbons (Fsp3) is 0.533. The van der Waals surface area contributed by atoms with Crippen LogP contribution in [0, 0.1) is 5.92 Å². The summed E-state index contributed by atoms with van der Waals surface area (Å²) < 4.78 is 23.2. The van der Waals surface area contributed by atoms with E-state index < -0.39 is 18.8 Å². The highest BCUT2D eigenvalue weighted by atomic mass is 19.1. The molecule has 116 valence electrons. The van der Waals surface area contributed by atoms with Crippen LogP contribution >= 0.6 is 0 Å². The smallest absolute Gasteiger partial charge is 0.410 e. The van der Waals surface area contributed by atoms with Crippen molar-refractivity contribution >= 4 is 6.09 Å². The van der Waals surface area contributed by atoms with E-state index in [0.29, 0.717) is 19.6 Å². The molecule has 1 amide bonds. The molecule has 2 atom stereocenters. The summed E-state index contributed by atoms with van der Waals surface area (Å²) in [6.07, 6.45) is 0.0183. The highest BCUT2D eigenvalue weighted by Crippen LogP contribution is 2.25. The van der Waals surface area contributed by atoms with Crippen molar-refractivity contribution in [2.75, 3.05) is 26.6 Å². The molecule has 0 spiro atoms. The summed E-state index contributed by atoms with van der Waals surface area (Å²) in [5, 5.41) is 8.63. The maximum absolute atomic E-state index is 13.0. The molecular formula is C15H20FNO4. The number of hydrogen-bond donors (Lipinski definition) is 1. The van der Waals surface area contributed by atoms with Gasteiger partial charge in [0.05, 0.1) is 12.6 Å². The number of carbonyl (C=O) groups excluding carboxylic acids is 1. The Kier molecular flexibility index (Phi) is 5.95. The number of alkyl halides is 1. The molecule has 0 radical (unpaired) electrons. The van der Waals surface area contributed by atoms with Crippen molar-refractivity contribution in [2.45, 2.75) is 19.1 Å². The van der Waals surface area contributed by atoms with Crippen molar-refractivity contribution in [3.8, 4) is 0 Å². The Hall–Kier alpha value is -1.66. The van der Waals surface area contributed by atoms with Crippen LogP contribution in [0.1, 0.15) is 12.0 Å². The van der Waals surface area contributed by atoms with Gasteiger partial charge in [-0.25, -0.2) is 9.18 Å². The van der Waals surface area contributed by atoms with E-state index in [1.54, 1.807) is 0 Å². The van der Waals surface area contributed by atoms with Crippen molar-refractivity contribution < 1.29 is 23.8 Å². The van der Waals surface area contributed by atoms with E-state index in [1.165, 1.54) is 4.90 Å². The number of nitrogens with zero attached hydrogens (tertiary/aromatic N) is 1. The van der Waals surface area contributed by atoms with Crippen LogP contribution in [-0.4, -0.2) is 48.8 Å². The fourth-order valence-corrected chi connectivity index (χ4v) is 2.53. The summed E-state index contributed by atoms with van der Waals surface area (Å²) >= 11 is 0. The molecule has 21 heavy (non-hydrogen) atoms. The number of aliphatic hydroxyl groups excluding tert-OH is 1. The first-order chi connectivity index (χ1) is 10.2. The molecule has 1 aromatic rings. The Morgan fingerprint density at radius 3 is 2.81 bits per heavy atom. The average Bonchev–Trinajstić information content (AvgIpc) is 2.95. The minimum Gasteiger partial charge on any atom is -0.445 e. The van der Waals surface area contributed by atoms with E-state index in [2.05, 4.69) is 0 Å². The molecule has 1 aromatic carbocycles. The zero-order chi connectivity index (χ0) is 15.1. The topological polar surface area (TPSA) is 59.0 Å². The van der Waals surface area contributed by atoms with Crippen LogP contribution in [0.2, 0.25) is 0 Å². The molecule has 1 aliphatic rings. The minimum absolute atomic E-state index is 0.0298. The Morgan fingerprint density at radius 2 is 2.14 bits per heavy atom. The summed E-state index contributed by atoms with van der Waals surface area (Å²) in [4.78, 5) is 13.5. The van der Waals surface area contributed by atoms with Gasteiger partial charge in [-0.2, -0.15) is 0 Å². The predicted octanol–water partition coefficient (Wildman–Crippen LogP) is 1.95. The Balaban J connectivity index is 1.85. The Morgan fingerprint density at radius 1 is 1.38 bits per heavy atom. The molecular weight excluding hydrogens is 277 g/mol. The number of likely N-dealkylation sites (tertiary alicyclic amines) is 1. The lowest BCUT2D eigenvalue weighted by Crippen LogP contribution is -2.37. The number of halogens is 1. The first-order valence-corrected chi connectivity index (χ1v) is 6.96. The van der Waals surface area contributed by atoms with Crippen LogP contribution in [0.3, 0.4) is 0 Å². The van der Waals surface area contributed by atoms with Crippen LogP contribution in [0.4, 0.5) is 9.18 Å². The van der Waals surface area contributed by atoms with E-state index in [4.69, 9.17) is 14.6 Å². The zero-order valence-corrected chi connectivity index (χ0v) is 11.8. The van der Waals surface area contributed by atoms with Gasteiger partial charge >= 0.3 is 6.09 Å².